The van der Waals surface area contributed by atoms with E-state index in [0.29, 0.717) is 11.4 Å². The number of amides is 2. The van der Waals surface area contributed by atoms with Gasteiger partial charge in [-0.25, -0.2) is 0 Å². The average Bonchev–Trinajstić information content (AvgIpc) is 2.53. The summed E-state index contributed by atoms with van der Waals surface area (Å²) < 4.78 is 0. The molecule has 4 heteroatoms. The molecule has 0 unspecified atom stereocenters. The van der Waals surface area contributed by atoms with Crippen molar-refractivity contribution >= 4 is 23.2 Å². The van der Waals surface area contributed by atoms with E-state index in [9.17, 15) is 9.59 Å². The van der Waals surface area contributed by atoms with Crippen LogP contribution in [0.4, 0.5) is 11.4 Å². The van der Waals surface area contributed by atoms with Gasteiger partial charge in [-0.1, -0.05) is 12.1 Å². The Morgan fingerprint density at radius 1 is 0.667 bits per heavy atom. The van der Waals surface area contributed by atoms with Crippen molar-refractivity contribution in [2.45, 2.75) is 27.7 Å². The molecule has 0 atom stereocenters. The summed E-state index contributed by atoms with van der Waals surface area (Å²) in [7, 11) is 0. The number of carbonyl (C=O) groups is 2. The zero-order valence-electron chi connectivity index (χ0n) is 14.4. The largest absolute Gasteiger partial charge is 0.323 e. The van der Waals surface area contributed by atoms with Crippen molar-refractivity contribution in [2.75, 3.05) is 10.6 Å². The molecule has 124 valence electrons. The Morgan fingerprint density at radius 3 is 1.38 bits per heavy atom. The Kier molecular flexibility index (Phi) is 5.53. The highest BCUT2D eigenvalue weighted by molar-refractivity contribution is 6.06. The van der Waals surface area contributed by atoms with E-state index in [4.69, 9.17) is 0 Å². The normalized spacial score (nSPS) is 10.7. The SMILES string of the molecule is Cc1ccc(NC(=O)/C=C\C(=O)Nc2ccc(C)c(C)c2)cc1C. The van der Waals surface area contributed by atoms with Gasteiger partial charge < -0.3 is 10.6 Å². The fraction of sp³-hybridized carbons (Fsp3) is 0.200. The smallest absolute Gasteiger partial charge is 0.248 e. The summed E-state index contributed by atoms with van der Waals surface area (Å²) >= 11 is 0. The van der Waals surface area contributed by atoms with Crippen LogP contribution in [0.1, 0.15) is 22.3 Å². The molecule has 0 bridgehead atoms. The maximum absolute atomic E-state index is 11.9. The summed E-state index contributed by atoms with van der Waals surface area (Å²) in [6.07, 6.45) is 2.46. The first kappa shape index (κ1) is 17.5. The molecule has 24 heavy (non-hydrogen) atoms. The van der Waals surface area contributed by atoms with Crippen molar-refractivity contribution in [3.63, 3.8) is 0 Å². The van der Waals surface area contributed by atoms with Crippen LogP contribution in [0.25, 0.3) is 0 Å². The van der Waals surface area contributed by atoms with E-state index in [2.05, 4.69) is 10.6 Å². The van der Waals surface area contributed by atoms with Crippen LogP contribution in [0.15, 0.2) is 48.6 Å². The Hall–Kier alpha value is -2.88. The van der Waals surface area contributed by atoms with Crippen LogP contribution in [-0.4, -0.2) is 11.8 Å². The van der Waals surface area contributed by atoms with Gasteiger partial charge in [0.1, 0.15) is 0 Å². The number of carbonyl (C=O) groups excluding carboxylic acids is 2. The maximum Gasteiger partial charge on any atom is 0.248 e. The van der Waals surface area contributed by atoms with Crippen molar-refractivity contribution in [1.29, 1.82) is 0 Å². The molecule has 0 saturated carbocycles. The van der Waals surface area contributed by atoms with Crippen molar-refractivity contribution in [1.82, 2.24) is 0 Å². The second kappa shape index (κ2) is 7.59. The van der Waals surface area contributed by atoms with Crippen molar-refractivity contribution in [3.8, 4) is 0 Å². The summed E-state index contributed by atoms with van der Waals surface area (Å²) in [5.41, 5.74) is 5.95. The molecule has 2 N–H and O–H groups in total. The van der Waals surface area contributed by atoms with E-state index in [-0.39, 0.29) is 11.8 Å². The fourth-order valence-corrected chi connectivity index (χ4v) is 2.16. The molecule has 4 nitrogen and oxygen atoms in total. The Morgan fingerprint density at radius 2 is 1.04 bits per heavy atom. The minimum Gasteiger partial charge on any atom is -0.323 e. The molecule has 0 aliphatic rings. The third-order valence-electron chi connectivity index (χ3n) is 3.93. The van der Waals surface area contributed by atoms with Gasteiger partial charge in [0.2, 0.25) is 11.8 Å². The molecular formula is C20H22N2O2. The first-order chi connectivity index (χ1) is 11.3. The first-order valence-electron chi connectivity index (χ1n) is 7.79. The third-order valence-corrected chi connectivity index (χ3v) is 3.93. The molecule has 0 aromatic heterocycles. The summed E-state index contributed by atoms with van der Waals surface area (Å²) in [4.78, 5) is 23.8. The summed E-state index contributed by atoms with van der Waals surface area (Å²) in [6, 6.07) is 11.4. The van der Waals surface area contributed by atoms with Crippen LogP contribution in [0.5, 0.6) is 0 Å². The predicted molar refractivity (Wildman–Crippen MR) is 98.2 cm³/mol. The number of hydrogen-bond donors (Lipinski definition) is 2. The second-order valence-corrected chi connectivity index (χ2v) is 5.91. The van der Waals surface area contributed by atoms with Gasteiger partial charge in [-0.2, -0.15) is 0 Å². The number of benzene rings is 2. The van der Waals surface area contributed by atoms with Crippen molar-refractivity contribution in [2.24, 2.45) is 0 Å². The molecule has 2 amide bonds. The monoisotopic (exact) mass is 322 g/mol. The minimum atomic E-state index is -0.339. The van der Waals surface area contributed by atoms with Gasteiger partial charge in [0.05, 0.1) is 0 Å². The Bertz CT molecular complexity index is 740. The number of hydrogen-bond acceptors (Lipinski definition) is 2. The van der Waals surface area contributed by atoms with Crippen LogP contribution in [0.3, 0.4) is 0 Å². The number of nitrogens with one attached hydrogen (secondary N) is 2. The quantitative estimate of drug-likeness (QED) is 0.834. The van der Waals surface area contributed by atoms with E-state index >= 15 is 0 Å². The fourth-order valence-electron chi connectivity index (χ4n) is 2.16. The molecule has 0 aliphatic heterocycles. The maximum atomic E-state index is 11.9. The van der Waals surface area contributed by atoms with E-state index in [1.165, 1.54) is 12.2 Å². The third kappa shape index (κ3) is 4.81. The van der Waals surface area contributed by atoms with Crippen molar-refractivity contribution < 1.29 is 9.59 Å². The van der Waals surface area contributed by atoms with E-state index in [1.807, 2.05) is 64.1 Å². The number of anilines is 2. The molecule has 2 aromatic carbocycles. The van der Waals surface area contributed by atoms with Gasteiger partial charge >= 0.3 is 0 Å². The van der Waals surface area contributed by atoms with Gasteiger partial charge in [-0.05, 0) is 74.2 Å². The van der Waals surface area contributed by atoms with Gasteiger partial charge in [0.25, 0.3) is 0 Å². The summed E-state index contributed by atoms with van der Waals surface area (Å²) in [5.74, 6) is -0.679. The molecule has 0 radical (unpaired) electrons. The van der Waals surface area contributed by atoms with E-state index < -0.39 is 0 Å². The lowest BCUT2D eigenvalue weighted by atomic mass is 10.1. The van der Waals surface area contributed by atoms with Gasteiger partial charge in [-0.3, -0.25) is 9.59 Å². The Labute approximate surface area is 142 Å². The lowest BCUT2D eigenvalue weighted by Gasteiger charge is -2.06. The zero-order valence-corrected chi connectivity index (χ0v) is 14.4. The molecule has 0 saturated heterocycles. The average molecular weight is 322 g/mol. The number of aryl methyl sites for hydroxylation is 4. The van der Waals surface area contributed by atoms with Crippen molar-refractivity contribution in [3.05, 3.63) is 70.8 Å². The van der Waals surface area contributed by atoms with Gasteiger partial charge in [0, 0.05) is 23.5 Å². The van der Waals surface area contributed by atoms with E-state index in [1.54, 1.807) is 0 Å². The van der Waals surface area contributed by atoms with E-state index in [0.717, 1.165) is 22.3 Å². The topological polar surface area (TPSA) is 58.2 Å². The highest BCUT2D eigenvalue weighted by atomic mass is 16.2. The summed E-state index contributed by atoms with van der Waals surface area (Å²) in [6.45, 7) is 7.99. The van der Waals surface area contributed by atoms with Crippen LogP contribution in [0.2, 0.25) is 0 Å². The highest BCUT2D eigenvalue weighted by Crippen LogP contribution is 2.15. The first-order valence-corrected chi connectivity index (χ1v) is 7.79. The second-order valence-electron chi connectivity index (χ2n) is 5.91. The van der Waals surface area contributed by atoms with Crippen LogP contribution < -0.4 is 10.6 Å². The number of rotatable bonds is 4. The highest BCUT2D eigenvalue weighted by Gasteiger charge is 2.03. The zero-order chi connectivity index (χ0) is 17.7. The molecule has 0 fully saturated rings. The molecule has 0 aliphatic carbocycles. The lowest BCUT2D eigenvalue weighted by Crippen LogP contribution is -2.12. The van der Waals surface area contributed by atoms with Gasteiger partial charge in [-0.15, -0.1) is 0 Å². The van der Waals surface area contributed by atoms with Crippen LogP contribution in [0, 0.1) is 27.7 Å². The Balaban J connectivity index is 1.93. The lowest BCUT2D eigenvalue weighted by molar-refractivity contribution is -0.114. The minimum absolute atomic E-state index is 0.339. The summed E-state index contributed by atoms with van der Waals surface area (Å²) in [5, 5.41) is 5.48. The molecule has 2 rings (SSSR count). The standard InChI is InChI=1S/C20H22N2O2/c1-13-5-7-17(11-15(13)3)21-19(23)9-10-20(24)22-18-8-6-14(2)16(4)12-18/h5-12H,1-4H3,(H,21,23)(H,22,24)/b10-9-. The molecule has 0 heterocycles. The molecule has 2 aromatic rings. The van der Waals surface area contributed by atoms with Crippen LogP contribution in [-0.2, 0) is 9.59 Å². The van der Waals surface area contributed by atoms with Gasteiger partial charge in [0.15, 0.2) is 0 Å². The molecule has 0 spiro atoms. The molecular weight excluding hydrogens is 300 g/mol. The van der Waals surface area contributed by atoms with Crippen LogP contribution >= 0.6 is 0 Å². The predicted octanol–water partition coefficient (Wildman–Crippen LogP) is 4.05.